The first-order valence-corrected chi connectivity index (χ1v) is 48.1. The van der Waals surface area contributed by atoms with Crippen LogP contribution in [0, 0.1) is 17.8 Å². The molecule has 4 fully saturated rings. The Balaban J connectivity index is 0.000000140. The maximum Gasteiger partial charge on any atom is 0.227 e. The molecule has 4 aliphatic heterocycles. The highest BCUT2D eigenvalue weighted by molar-refractivity contribution is 5.86. The predicted octanol–water partition coefficient (Wildman–Crippen LogP) is 26.0. The van der Waals surface area contributed by atoms with E-state index in [4.69, 9.17) is 0 Å². The molecule has 8 nitrogen and oxygen atoms in total. The van der Waals surface area contributed by atoms with Gasteiger partial charge in [0.25, 0.3) is 0 Å². The summed E-state index contributed by atoms with van der Waals surface area (Å²) >= 11 is 0. The lowest BCUT2D eigenvalue weighted by molar-refractivity contribution is -0.141. The summed E-state index contributed by atoms with van der Waals surface area (Å²) in [4.78, 5) is 61.1. The van der Waals surface area contributed by atoms with E-state index in [-0.39, 0.29) is 59.6 Å². The Hall–Kier alpha value is -13.7. The van der Waals surface area contributed by atoms with Gasteiger partial charge in [-0.1, -0.05) is 461 Å². The number of hydrogen-bond acceptors (Lipinski definition) is 5. The Morgan fingerprint density at radius 1 is 0.316 bits per heavy atom. The Bertz CT molecular complexity index is 5820. The SMILES string of the molecule is C=Cc1ccccc1.C[C@@H]1C/C(=C\c2ccccc2)C[C@H](Cc2ccccc2)N1C(=O)Cc1ccccc1.C[C@@H]1CC(=O)C[C@H](Cc2ccccc2)N1C(=O)Cc1ccccc1.O=C(Cc1ccccc1)N1CC/C(=C\c2ccccc2)C(Cc2ccccc2)C1Cc1ccccc1.c1ccc(CCN2CCC(Cc3ccccc3)[C@@H](Cc3ccccc3)[C@@H]2Cc2ccccc2)cc1. The van der Waals surface area contributed by atoms with E-state index < -0.39 is 0 Å². The molecule has 8 heteroatoms. The molecule has 0 N–H and O–H groups in total. The van der Waals surface area contributed by atoms with E-state index in [0.717, 1.165) is 94.0 Å². The van der Waals surface area contributed by atoms with E-state index in [1.807, 2.05) is 157 Å². The van der Waals surface area contributed by atoms with Crippen molar-refractivity contribution < 1.29 is 19.2 Å². The molecule has 0 saturated carbocycles. The summed E-state index contributed by atoms with van der Waals surface area (Å²) in [7, 11) is 0. The van der Waals surface area contributed by atoms with E-state index in [2.05, 4.69) is 325 Å². The van der Waals surface area contributed by atoms with E-state index in [1.54, 1.807) is 0 Å². The van der Waals surface area contributed by atoms with Gasteiger partial charge in [0, 0.05) is 68.1 Å². The van der Waals surface area contributed by atoms with Gasteiger partial charge in [0.1, 0.15) is 5.78 Å². The van der Waals surface area contributed by atoms with Crippen molar-refractivity contribution in [3.63, 3.8) is 0 Å². The van der Waals surface area contributed by atoms with Gasteiger partial charge in [0.05, 0.1) is 19.3 Å². The monoisotopic (exact) mass is 1750 g/mol. The smallest absolute Gasteiger partial charge is 0.227 e. The van der Waals surface area contributed by atoms with Crippen LogP contribution in [0.2, 0.25) is 0 Å². The van der Waals surface area contributed by atoms with Gasteiger partial charge in [-0.15, -0.1) is 0 Å². The van der Waals surface area contributed by atoms with Crippen molar-refractivity contribution >= 4 is 41.7 Å². The van der Waals surface area contributed by atoms with Crippen molar-refractivity contribution in [3.8, 4) is 0 Å². The number of piperidine rings is 4. The van der Waals surface area contributed by atoms with Crippen molar-refractivity contribution in [1.82, 2.24) is 19.6 Å². The lowest BCUT2D eigenvalue weighted by Gasteiger charge is -2.46. The predicted molar refractivity (Wildman–Crippen MR) is 551 cm³/mol. The zero-order chi connectivity index (χ0) is 91.8. The van der Waals surface area contributed by atoms with Gasteiger partial charge < -0.3 is 14.7 Å². The summed E-state index contributed by atoms with van der Waals surface area (Å²) in [6, 6.07) is 149. The van der Waals surface area contributed by atoms with E-state index in [9.17, 15) is 19.2 Å². The molecule has 4 aliphatic rings. The van der Waals surface area contributed by atoms with Crippen molar-refractivity contribution in [2.24, 2.45) is 17.8 Å². The minimum atomic E-state index is -0.0418. The van der Waals surface area contributed by atoms with Crippen molar-refractivity contribution in [1.29, 1.82) is 0 Å². The maximum atomic E-state index is 13.7. The van der Waals surface area contributed by atoms with Crippen LogP contribution in [-0.2, 0) is 89.8 Å². The number of benzene rings is 14. The third-order valence-corrected chi connectivity index (χ3v) is 26.7. The van der Waals surface area contributed by atoms with E-state index in [1.165, 1.54) is 91.7 Å². The molecule has 0 aromatic heterocycles. The van der Waals surface area contributed by atoms with Gasteiger partial charge in [0.2, 0.25) is 17.7 Å². The summed E-state index contributed by atoms with van der Waals surface area (Å²) in [5, 5.41) is 0. The molecule has 0 aliphatic carbocycles. The molecule has 14 aromatic rings. The summed E-state index contributed by atoms with van der Waals surface area (Å²) in [5.74, 6) is 2.39. The number of Topliss-reactive ketones (excluding diaryl/α,β-unsaturated/α-hetero) is 1. The van der Waals surface area contributed by atoms with Gasteiger partial charge in [-0.2, -0.15) is 0 Å². The molecule has 3 unspecified atom stereocenters. The molecule has 18 rings (SSSR count). The number of amides is 3. The van der Waals surface area contributed by atoms with Crippen LogP contribution in [0.5, 0.6) is 0 Å². The van der Waals surface area contributed by atoms with Crippen LogP contribution in [0.3, 0.4) is 0 Å². The highest BCUT2D eigenvalue weighted by atomic mass is 16.2. The highest BCUT2D eigenvalue weighted by Crippen LogP contribution is 2.40. The Morgan fingerprint density at radius 2 is 0.639 bits per heavy atom. The first-order chi connectivity index (χ1) is 65.4. The quantitative estimate of drug-likeness (QED) is 0.0540. The standard InChI is InChI=1S/C34H33NO.C34H37N.C28H29NO.C21H23NO2.C8H8/c36-34(26-30-19-11-4-12-20-30)35-22-21-31(23-27-13-5-1-6-14-27)32(24-28-15-7-2-8-16-28)33(35)25-29-17-9-3-10-18-29;1-5-13-28(14-6-1)21-23-35-24-22-32(25-29-15-7-2-8-16-29)33(26-30-17-9-3-10-18-30)34(35)27-31-19-11-4-12-20-31;1-22-17-26(18-23-11-5-2-6-12-23)20-27(19-24-13-7-3-8-14-24)29(22)28(30)21-25-15-9-4-10-16-25;1-16-12-20(23)15-19(13-17-8-4-2-5-9-17)22(16)21(24)14-18-10-6-3-7-11-18;1-2-8-6-4-3-5-7-8/h1-20,23,32-33H,21-22,24-26H2;1-20,32-34H,21-27H2;2-16,18,22,27H,17,19-21H2,1H3;2-11,16,19H,12-15H2,1H3;2-7H,1H2/b31-23+;;26-18+;;/t;32?,33-,34+;22-,27+;16-,19+;/m.111./s1. The van der Waals surface area contributed by atoms with Crippen molar-refractivity contribution in [2.45, 2.75) is 159 Å². The second kappa shape index (κ2) is 51.2. The number of hydrogen-bond donors (Lipinski definition) is 0. The Morgan fingerprint density at radius 3 is 1.05 bits per heavy atom. The van der Waals surface area contributed by atoms with E-state index in [0.29, 0.717) is 50.0 Å². The molecule has 0 bridgehead atoms. The molecule has 9 atom stereocenters. The summed E-state index contributed by atoms with van der Waals surface area (Å²) in [6.07, 6.45) is 20.7. The molecule has 0 spiro atoms. The van der Waals surface area contributed by atoms with E-state index >= 15 is 0 Å². The average Bonchev–Trinajstić information content (AvgIpc) is 0.805. The van der Waals surface area contributed by atoms with Crippen LogP contribution >= 0.6 is 0 Å². The third kappa shape index (κ3) is 29.9. The summed E-state index contributed by atoms with van der Waals surface area (Å²) < 4.78 is 0. The number of ketones is 1. The number of rotatable bonds is 26. The van der Waals surface area contributed by atoms with Crippen LogP contribution in [0.1, 0.15) is 130 Å². The Labute approximate surface area is 792 Å². The van der Waals surface area contributed by atoms with Gasteiger partial charge >= 0.3 is 0 Å². The summed E-state index contributed by atoms with van der Waals surface area (Å²) in [6.45, 7) is 10.9. The minimum Gasteiger partial charge on any atom is -0.338 e. The van der Waals surface area contributed by atoms with Crippen LogP contribution in [0.4, 0.5) is 0 Å². The largest absolute Gasteiger partial charge is 0.338 e. The number of carbonyl (C=O) groups excluding carboxylic acids is 4. The second-order valence-corrected chi connectivity index (χ2v) is 36.3. The fraction of sp³-hybridized carbons (Fsp3) is 0.248. The molecule has 674 valence electrons. The van der Waals surface area contributed by atoms with Crippen LogP contribution in [-0.4, -0.2) is 99.0 Å². The van der Waals surface area contributed by atoms with Crippen LogP contribution in [0.15, 0.2) is 442 Å². The molecule has 14 aromatic carbocycles. The molecule has 4 heterocycles. The zero-order valence-corrected chi connectivity index (χ0v) is 77.6. The number of carbonyl (C=O) groups is 4. The normalized spacial score (nSPS) is 19.3. The first kappa shape index (κ1) is 95.4. The van der Waals surface area contributed by atoms with Gasteiger partial charge in [-0.25, -0.2) is 0 Å². The third-order valence-electron chi connectivity index (χ3n) is 26.7. The zero-order valence-electron chi connectivity index (χ0n) is 77.6. The van der Waals surface area contributed by atoms with Crippen molar-refractivity contribution in [3.05, 3.63) is 520 Å². The molecular weight excluding hydrogens is 1620 g/mol. The Kier molecular flexibility index (Phi) is 36.8. The van der Waals surface area contributed by atoms with Crippen molar-refractivity contribution in [2.75, 3.05) is 19.6 Å². The number of nitrogens with zero attached hydrogens (tertiary/aromatic N) is 4. The topological polar surface area (TPSA) is 81.2 Å². The first-order valence-electron chi connectivity index (χ1n) is 48.1. The fourth-order valence-corrected chi connectivity index (χ4v) is 20.2. The van der Waals surface area contributed by atoms with Crippen LogP contribution in [0.25, 0.3) is 18.2 Å². The molecule has 3 amide bonds. The van der Waals surface area contributed by atoms with Gasteiger partial charge in [0.15, 0.2) is 0 Å². The summed E-state index contributed by atoms with van der Waals surface area (Å²) in [5.41, 5.74) is 20.6. The number of likely N-dealkylation sites (tertiary alicyclic amines) is 4. The fourth-order valence-electron chi connectivity index (χ4n) is 20.2. The maximum absolute atomic E-state index is 13.7. The molecular formula is C125H130N4O4. The minimum absolute atomic E-state index is 0.0313. The van der Waals surface area contributed by atoms with Gasteiger partial charge in [-0.05, 0) is 187 Å². The average molecular weight is 1750 g/mol. The lowest BCUT2D eigenvalue weighted by atomic mass is 9.72. The molecule has 133 heavy (non-hydrogen) atoms. The second-order valence-electron chi connectivity index (χ2n) is 36.3. The van der Waals surface area contributed by atoms with Gasteiger partial charge in [-0.3, -0.25) is 24.1 Å². The highest BCUT2D eigenvalue weighted by Gasteiger charge is 2.41. The molecule has 4 saturated heterocycles. The lowest BCUT2D eigenvalue weighted by Crippen LogP contribution is -2.52. The van der Waals surface area contributed by atoms with Crippen LogP contribution < -0.4 is 0 Å². The molecule has 0 radical (unpaired) electrons.